The first-order valence-electron chi connectivity index (χ1n) is 11.9. The monoisotopic (exact) mass is 438 g/mol. The number of nitrogens with zero attached hydrogens (tertiary/aromatic N) is 1. The number of fused-ring (bicyclic) bond motifs is 3. The third-order valence-electron chi connectivity index (χ3n) is 6.65. The molecule has 5 aromatic carbocycles. The van der Waals surface area contributed by atoms with E-state index >= 15 is 0 Å². The first kappa shape index (κ1) is 20.4. The van der Waals surface area contributed by atoms with E-state index in [0.717, 1.165) is 23.5 Å². The van der Waals surface area contributed by atoms with Gasteiger partial charge in [-0.1, -0.05) is 104 Å². The Hall–Kier alpha value is -4.17. The zero-order valence-corrected chi connectivity index (χ0v) is 19.2. The van der Waals surface area contributed by atoms with Crippen LogP contribution in [0.2, 0.25) is 0 Å². The summed E-state index contributed by atoms with van der Waals surface area (Å²) >= 11 is 0. The largest absolute Gasteiger partial charge is 0.340 e. The molecule has 0 saturated heterocycles. The molecule has 0 aliphatic carbocycles. The fourth-order valence-corrected chi connectivity index (χ4v) is 4.91. The van der Waals surface area contributed by atoms with Gasteiger partial charge < -0.3 is 5.32 Å². The fourth-order valence-electron chi connectivity index (χ4n) is 4.91. The number of benzene rings is 5. The van der Waals surface area contributed by atoms with E-state index in [-0.39, 0.29) is 6.04 Å². The number of nitrogens with one attached hydrogen (secondary N) is 1. The Bertz CT molecular complexity index is 1500. The molecule has 1 aliphatic heterocycles. The van der Waals surface area contributed by atoms with Crippen molar-refractivity contribution in [1.29, 1.82) is 0 Å². The second-order valence-electron chi connectivity index (χ2n) is 8.80. The molecule has 0 bridgehead atoms. The van der Waals surface area contributed by atoms with Crippen LogP contribution < -0.4 is 5.32 Å². The molecule has 0 radical (unpaired) electrons. The lowest BCUT2D eigenvalue weighted by Gasteiger charge is -2.28. The molecule has 6 rings (SSSR count). The van der Waals surface area contributed by atoms with E-state index < -0.39 is 0 Å². The number of amidine groups is 1. The van der Waals surface area contributed by atoms with Crippen LogP contribution >= 0.6 is 0 Å². The Morgan fingerprint density at radius 1 is 0.676 bits per heavy atom. The highest BCUT2D eigenvalue weighted by atomic mass is 15.0. The van der Waals surface area contributed by atoms with Crippen LogP contribution in [-0.2, 0) is 6.42 Å². The van der Waals surface area contributed by atoms with Crippen LogP contribution in [0.15, 0.2) is 120 Å². The van der Waals surface area contributed by atoms with Gasteiger partial charge in [-0.05, 0) is 57.6 Å². The number of aryl methyl sites for hydroxylation is 1. The lowest BCUT2D eigenvalue weighted by Crippen LogP contribution is -2.22. The number of hydrogen-bond acceptors (Lipinski definition) is 2. The molecule has 1 unspecified atom stereocenters. The zero-order chi connectivity index (χ0) is 22.9. The summed E-state index contributed by atoms with van der Waals surface area (Å²) in [7, 11) is 0. The minimum atomic E-state index is -0.0657. The van der Waals surface area contributed by atoms with Crippen LogP contribution in [0.3, 0.4) is 0 Å². The van der Waals surface area contributed by atoms with E-state index in [2.05, 4.69) is 128 Å². The van der Waals surface area contributed by atoms with Crippen LogP contribution in [0.4, 0.5) is 5.69 Å². The van der Waals surface area contributed by atoms with Crippen molar-refractivity contribution in [2.45, 2.75) is 19.4 Å². The molecule has 2 heteroatoms. The van der Waals surface area contributed by atoms with Gasteiger partial charge >= 0.3 is 0 Å². The van der Waals surface area contributed by atoms with Gasteiger partial charge in [0.2, 0.25) is 0 Å². The van der Waals surface area contributed by atoms with Crippen LogP contribution in [0, 0.1) is 0 Å². The van der Waals surface area contributed by atoms with E-state index in [1.807, 2.05) is 0 Å². The maximum absolute atomic E-state index is 5.33. The van der Waals surface area contributed by atoms with Gasteiger partial charge in [0.05, 0.1) is 0 Å². The van der Waals surface area contributed by atoms with Crippen molar-refractivity contribution in [3.63, 3.8) is 0 Å². The summed E-state index contributed by atoms with van der Waals surface area (Å²) in [5, 5.41) is 6.17. The van der Waals surface area contributed by atoms with Gasteiger partial charge in [0, 0.05) is 16.8 Å². The minimum Gasteiger partial charge on any atom is -0.340 e. The van der Waals surface area contributed by atoms with Crippen molar-refractivity contribution >= 4 is 22.3 Å². The summed E-state index contributed by atoms with van der Waals surface area (Å²) in [6, 6.07) is 41.0. The normalized spacial score (nSPS) is 14.9. The second kappa shape index (κ2) is 8.64. The van der Waals surface area contributed by atoms with Gasteiger partial charge in [-0.15, -0.1) is 0 Å². The molecule has 0 fully saturated rings. The molecule has 2 nitrogen and oxygen atoms in total. The van der Waals surface area contributed by atoms with Crippen molar-refractivity contribution in [1.82, 2.24) is 0 Å². The van der Waals surface area contributed by atoms with Crippen LogP contribution in [-0.4, -0.2) is 5.84 Å². The number of aliphatic imine (C=N–C) groups is 1. The van der Waals surface area contributed by atoms with Crippen LogP contribution in [0.25, 0.3) is 21.9 Å². The van der Waals surface area contributed by atoms with Crippen molar-refractivity contribution in [2.24, 2.45) is 4.99 Å². The average Bonchev–Trinajstić information content (AvgIpc) is 2.93. The Morgan fingerprint density at radius 2 is 1.38 bits per heavy atom. The summed E-state index contributed by atoms with van der Waals surface area (Å²) in [5.74, 6) is 0.920. The maximum Gasteiger partial charge on any atom is 0.133 e. The van der Waals surface area contributed by atoms with E-state index in [0.29, 0.717) is 0 Å². The van der Waals surface area contributed by atoms with Crippen molar-refractivity contribution in [3.05, 3.63) is 138 Å². The molecule has 1 heterocycles. The molecule has 0 aromatic heterocycles. The molecule has 164 valence electrons. The Balaban J connectivity index is 1.54. The standard InChI is InChI=1S/C32H26N2/c1-2-22-19-26(23-11-5-3-6-12-23)21-27(20-22)32-33-29-18-17-24-13-9-10-16-28(24)30(29)31(34-32)25-14-7-4-8-15-25/h3-21,31H,2H2,1H3,(H,33,34). The smallest absolute Gasteiger partial charge is 0.133 e. The van der Waals surface area contributed by atoms with Crippen LogP contribution in [0.1, 0.15) is 35.2 Å². The zero-order valence-electron chi connectivity index (χ0n) is 19.2. The van der Waals surface area contributed by atoms with Crippen molar-refractivity contribution in [2.75, 3.05) is 5.32 Å². The molecular formula is C32H26N2. The van der Waals surface area contributed by atoms with Crippen molar-refractivity contribution in [3.8, 4) is 11.1 Å². The van der Waals surface area contributed by atoms with Crippen LogP contribution in [0.5, 0.6) is 0 Å². The highest BCUT2D eigenvalue weighted by molar-refractivity contribution is 6.12. The predicted molar refractivity (Wildman–Crippen MR) is 144 cm³/mol. The van der Waals surface area contributed by atoms with E-state index in [4.69, 9.17) is 4.99 Å². The van der Waals surface area contributed by atoms with Gasteiger partial charge in [0.15, 0.2) is 0 Å². The number of hydrogen-bond donors (Lipinski definition) is 1. The number of rotatable bonds is 4. The third kappa shape index (κ3) is 3.68. The summed E-state index contributed by atoms with van der Waals surface area (Å²) in [4.78, 5) is 5.33. The fraction of sp³-hybridized carbons (Fsp3) is 0.0938. The van der Waals surface area contributed by atoms with E-state index in [9.17, 15) is 0 Å². The maximum atomic E-state index is 5.33. The van der Waals surface area contributed by atoms with Gasteiger partial charge in [0.25, 0.3) is 0 Å². The van der Waals surface area contributed by atoms with E-state index in [1.54, 1.807) is 0 Å². The topological polar surface area (TPSA) is 24.4 Å². The Labute approximate surface area is 200 Å². The molecule has 34 heavy (non-hydrogen) atoms. The lowest BCUT2D eigenvalue weighted by atomic mass is 9.90. The first-order chi connectivity index (χ1) is 16.8. The quantitative estimate of drug-likeness (QED) is 0.302. The molecule has 1 aliphatic rings. The van der Waals surface area contributed by atoms with Gasteiger partial charge in [-0.3, -0.25) is 4.99 Å². The summed E-state index contributed by atoms with van der Waals surface area (Å²) in [6.45, 7) is 2.21. The third-order valence-corrected chi connectivity index (χ3v) is 6.65. The summed E-state index contributed by atoms with van der Waals surface area (Å²) < 4.78 is 0. The SMILES string of the molecule is CCc1cc(C2=NC(c3ccccc3)c3c(ccc4ccccc34)N2)cc(-c2ccccc2)c1. The summed E-state index contributed by atoms with van der Waals surface area (Å²) in [5.41, 5.74) is 8.44. The highest BCUT2D eigenvalue weighted by Gasteiger charge is 2.26. The van der Waals surface area contributed by atoms with Crippen molar-refractivity contribution < 1.29 is 0 Å². The van der Waals surface area contributed by atoms with E-state index in [1.165, 1.54) is 38.6 Å². The van der Waals surface area contributed by atoms with Gasteiger partial charge in [0.1, 0.15) is 11.9 Å². The summed E-state index contributed by atoms with van der Waals surface area (Å²) in [6.07, 6.45) is 0.976. The second-order valence-corrected chi connectivity index (χ2v) is 8.80. The molecule has 0 amide bonds. The first-order valence-corrected chi connectivity index (χ1v) is 11.9. The molecule has 1 atom stereocenters. The lowest BCUT2D eigenvalue weighted by molar-refractivity contribution is 0.872. The molecule has 5 aromatic rings. The molecule has 0 spiro atoms. The molecule has 1 N–H and O–H groups in total. The molecule has 0 saturated carbocycles. The Morgan fingerprint density at radius 3 is 2.18 bits per heavy atom. The predicted octanol–water partition coefficient (Wildman–Crippen LogP) is 8.03. The average molecular weight is 439 g/mol. The number of anilines is 1. The minimum absolute atomic E-state index is 0.0657. The Kier molecular flexibility index (Phi) is 5.20. The molecular weight excluding hydrogens is 412 g/mol. The van der Waals surface area contributed by atoms with Gasteiger partial charge in [-0.2, -0.15) is 0 Å². The van der Waals surface area contributed by atoms with Gasteiger partial charge in [-0.25, -0.2) is 0 Å². The highest BCUT2D eigenvalue weighted by Crippen LogP contribution is 2.40.